The van der Waals surface area contributed by atoms with Crippen molar-refractivity contribution in [2.75, 3.05) is 20.3 Å². The Hall–Kier alpha value is -1.35. The number of benzene rings is 1. The van der Waals surface area contributed by atoms with E-state index in [1.54, 1.807) is 0 Å². The first-order valence-corrected chi connectivity index (χ1v) is 5.04. The zero-order valence-electron chi connectivity index (χ0n) is 9.25. The summed E-state index contributed by atoms with van der Waals surface area (Å²) in [5, 5.41) is 2.80. The first-order valence-electron chi connectivity index (χ1n) is 5.04. The molecule has 1 N–H and O–H groups in total. The number of hydrogen-bond donors (Lipinski definition) is 1. The van der Waals surface area contributed by atoms with Gasteiger partial charge < -0.3 is 10.1 Å². The van der Waals surface area contributed by atoms with Gasteiger partial charge in [-0.1, -0.05) is 24.3 Å². The second-order valence-corrected chi connectivity index (χ2v) is 3.46. The Balaban J connectivity index is 2.32. The predicted molar refractivity (Wildman–Crippen MR) is 59.8 cm³/mol. The van der Waals surface area contributed by atoms with E-state index in [9.17, 15) is 4.79 Å². The van der Waals surface area contributed by atoms with Crippen LogP contribution in [-0.4, -0.2) is 26.2 Å². The molecule has 3 heteroatoms. The van der Waals surface area contributed by atoms with E-state index in [1.807, 2.05) is 12.1 Å². The number of nitrogens with one attached hydrogen (secondary N) is 1. The summed E-state index contributed by atoms with van der Waals surface area (Å²) in [4.78, 5) is 11.1. The van der Waals surface area contributed by atoms with Crippen LogP contribution < -0.4 is 5.32 Å². The van der Waals surface area contributed by atoms with Gasteiger partial charge in [-0.3, -0.25) is 4.79 Å². The maximum Gasteiger partial charge on any atom is 0.245 e. The third kappa shape index (κ3) is 4.13. The van der Waals surface area contributed by atoms with Crippen molar-refractivity contribution < 1.29 is 9.53 Å². The lowest BCUT2D eigenvalue weighted by Gasteiger charge is -2.06. The molecule has 0 spiro atoms. The van der Waals surface area contributed by atoms with Crippen molar-refractivity contribution in [1.82, 2.24) is 5.32 Å². The maximum atomic E-state index is 11.1. The minimum Gasteiger partial charge on any atom is -0.375 e. The molecular weight excluding hydrogens is 190 g/mol. The molecule has 0 atom stereocenters. The van der Waals surface area contributed by atoms with Crippen LogP contribution in [-0.2, 0) is 16.0 Å². The quantitative estimate of drug-likeness (QED) is 0.790. The van der Waals surface area contributed by atoms with Crippen LogP contribution in [0.15, 0.2) is 24.3 Å². The summed E-state index contributed by atoms with van der Waals surface area (Å²) in [5.41, 5.74) is 2.54. The fourth-order valence-corrected chi connectivity index (χ4v) is 1.41. The first kappa shape index (κ1) is 11.7. The molecule has 1 aromatic rings. The smallest absolute Gasteiger partial charge is 0.245 e. The minimum atomic E-state index is -0.0638. The third-order valence-corrected chi connectivity index (χ3v) is 2.25. The summed E-state index contributed by atoms with van der Waals surface area (Å²) in [7, 11) is 1.51. The molecule has 0 bridgehead atoms. The van der Waals surface area contributed by atoms with Gasteiger partial charge in [0.25, 0.3) is 0 Å². The van der Waals surface area contributed by atoms with E-state index in [0.29, 0.717) is 6.54 Å². The van der Waals surface area contributed by atoms with Gasteiger partial charge in [0.15, 0.2) is 0 Å². The Morgan fingerprint density at radius 3 is 2.80 bits per heavy atom. The lowest BCUT2D eigenvalue weighted by atomic mass is 10.1. The molecular formula is C12H17NO2. The molecule has 0 unspecified atom stereocenters. The summed E-state index contributed by atoms with van der Waals surface area (Å²) >= 11 is 0. The van der Waals surface area contributed by atoms with E-state index in [-0.39, 0.29) is 12.5 Å². The topological polar surface area (TPSA) is 38.3 Å². The van der Waals surface area contributed by atoms with Crippen LogP contribution in [0.4, 0.5) is 0 Å². The molecule has 0 radical (unpaired) electrons. The number of methoxy groups -OCH3 is 1. The summed E-state index contributed by atoms with van der Waals surface area (Å²) in [6, 6.07) is 8.19. The van der Waals surface area contributed by atoms with Crippen molar-refractivity contribution in [1.29, 1.82) is 0 Å². The predicted octanol–water partition coefficient (Wildman–Crippen LogP) is 1.30. The highest BCUT2D eigenvalue weighted by atomic mass is 16.5. The summed E-state index contributed by atoms with van der Waals surface area (Å²) in [6.07, 6.45) is 0.863. The molecule has 0 aliphatic heterocycles. The SMILES string of the molecule is COCC(=O)NCCc1ccccc1C. The summed E-state index contributed by atoms with van der Waals surface area (Å²) in [6.45, 7) is 2.87. The molecule has 15 heavy (non-hydrogen) atoms. The molecule has 1 aromatic carbocycles. The van der Waals surface area contributed by atoms with E-state index in [2.05, 4.69) is 24.4 Å². The molecule has 1 rings (SSSR count). The van der Waals surface area contributed by atoms with E-state index in [0.717, 1.165) is 6.42 Å². The number of amides is 1. The highest BCUT2D eigenvalue weighted by molar-refractivity contribution is 5.77. The Morgan fingerprint density at radius 2 is 2.13 bits per heavy atom. The monoisotopic (exact) mass is 207 g/mol. The second-order valence-electron chi connectivity index (χ2n) is 3.46. The Bertz CT molecular complexity index is 323. The normalized spacial score (nSPS) is 10.0. The first-order chi connectivity index (χ1) is 7.24. The lowest BCUT2D eigenvalue weighted by Crippen LogP contribution is -2.29. The van der Waals surface area contributed by atoms with Crippen molar-refractivity contribution in [2.45, 2.75) is 13.3 Å². The average molecular weight is 207 g/mol. The van der Waals surface area contributed by atoms with Crippen molar-refractivity contribution in [3.05, 3.63) is 35.4 Å². The molecule has 0 fully saturated rings. The van der Waals surface area contributed by atoms with Crippen molar-refractivity contribution >= 4 is 5.91 Å². The number of carbonyl (C=O) groups is 1. The molecule has 0 heterocycles. The van der Waals surface area contributed by atoms with Crippen molar-refractivity contribution in [2.24, 2.45) is 0 Å². The van der Waals surface area contributed by atoms with Crippen molar-refractivity contribution in [3.63, 3.8) is 0 Å². The molecule has 0 saturated heterocycles. The third-order valence-electron chi connectivity index (χ3n) is 2.25. The summed E-state index contributed by atoms with van der Waals surface area (Å²) in [5.74, 6) is -0.0638. The van der Waals surface area contributed by atoms with Gasteiger partial charge in [-0.25, -0.2) is 0 Å². The van der Waals surface area contributed by atoms with Gasteiger partial charge in [-0.15, -0.1) is 0 Å². The Kier molecular flexibility index (Phi) is 4.84. The van der Waals surface area contributed by atoms with Crippen molar-refractivity contribution in [3.8, 4) is 0 Å². The van der Waals surface area contributed by atoms with Gasteiger partial charge in [-0.05, 0) is 24.5 Å². The molecule has 1 amide bonds. The van der Waals surface area contributed by atoms with E-state index >= 15 is 0 Å². The molecule has 0 aromatic heterocycles. The van der Waals surface area contributed by atoms with Gasteiger partial charge >= 0.3 is 0 Å². The van der Waals surface area contributed by atoms with Gasteiger partial charge in [0.05, 0.1) is 0 Å². The van der Waals surface area contributed by atoms with Crippen LogP contribution >= 0.6 is 0 Å². The molecule has 0 aliphatic rings. The van der Waals surface area contributed by atoms with Gasteiger partial charge in [0, 0.05) is 13.7 Å². The maximum absolute atomic E-state index is 11.1. The average Bonchev–Trinajstić information content (AvgIpc) is 2.21. The number of rotatable bonds is 5. The highest BCUT2D eigenvalue weighted by Crippen LogP contribution is 2.06. The minimum absolute atomic E-state index is 0.0638. The molecule has 82 valence electrons. The standard InChI is InChI=1S/C12H17NO2/c1-10-5-3-4-6-11(10)7-8-13-12(14)9-15-2/h3-6H,7-9H2,1-2H3,(H,13,14). The van der Waals surface area contributed by atoms with Crippen LogP contribution in [0.3, 0.4) is 0 Å². The number of aryl methyl sites for hydroxylation is 1. The Labute approximate surface area is 90.4 Å². The second kappa shape index (κ2) is 6.19. The number of ether oxygens (including phenoxy) is 1. The van der Waals surface area contributed by atoms with E-state index in [4.69, 9.17) is 4.74 Å². The molecule has 3 nitrogen and oxygen atoms in total. The van der Waals surface area contributed by atoms with E-state index in [1.165, 1.54) is 18.2 Å². The van der Waals surface area contributed by atoms with Crippen LogP contribution in [0.1, 0.15) is 11.1 Å². The van der Waals surface area contributed by atoms with Gasteiger partial charge in [-0.2, -0.15) is 0 Å². The van der Waals surface area contributed by atoms with Gasteiger partial charge in [0.1, 0.15) is 6.61 Å². The van der Waals surface area contributed by atoms with Crippen LogP contribution in [0.25, 0.3) is 0 Å². The fraction of sp³-hybridized carbons (Fsp3) is 0.417. The zero-order chi connectivity index (χ0) is 11.1. The molecule has 0 saturated carbocycles. The number of carbonyl (C=O) groups excluding carboxylic acids is 1. The fourth-order valence-electron chi connectivity index (χ4n) is 1.41. The summed E-state index contributed by atoms with van der Waals surface area (Å²) < 4.78 is 4.72. The van der Waals surface area contributed by atoms with Crippen LogP contribution in [0, 0.1) is 6.92 Å². The molecule has 0 aliphatic carbocycles. The highest BCUT2D eigenvalue weighted by Gasteiger charge is 2.00. The zero-order valence-corrected chi connectivity index (χ0v) is 9.25. The number of hydrogen-bond acceptors (Lipinski definition) is 2. The largest absolute Gasteiger partial charge is 0.375 e. The van der Waals surface area contributed by atoms with Gasteiger partial charge in [0.2, 0.25) is 5.91 Å². The van der Waals surface area contributed by atoms with E-state index < -0.39 is 0 Å². The van der Waals surface area contributed by atoms with Crippen LogP contribution in [0.5, 0.6) is 0 Å². The Morgan fingerprint density at radius 1 is 1.40 bits per heavy atom. The lowest BCUT2D eigenvalue weighted by molar-refractivity contribution is -0.124. The van der Waals surface area contributed by atoms with Crippen LogP contribution in [0.2, 0.25) is 0 Å².